The van der Waals surface area contributed by atoms with Crippen molar-refractivity contribution in [1.29, 1.82) is 0 Å². The number of ether oxygens (including phenoxy) is 1. The van der Waals surface area contributed by atoms with Gasteiger partial charge < -0.3 is 4.74 Å². The number of para-hydroxylation sites is 1. The van der Waals surface area contributed by atoms with Crippen LogP contribution in [0, 0.1) is 0 Å². The van der Waals surface area contributed by atoms with Gasteiger partial charge in [-0.25, -0.2) is 0 Å². The van der Waals surface area contributed by atoms with E-state index in [1.54, 1.807) is 0 Å². The molecule has 0 bridgehead atoms. The molecular formula is C19H17NO3. The Balaban J connectivity index is 2.13. The van der Waals surface area contributed by atoms with E-state index in [4.69, 9.17) is 4.74 Å². The average molecular weight is 307 g/mol. The van der Waals surface area contributed by atoms with E-state index in [0.717, 1.165) is 22.4 Å². The van der Waals surface area contributed by atoms with E-state index in [1.807, 2.05) is 61.5 Å². The highest BCUT2D eigenvalue weighted by molar-refractivity contribution is 6.38. The maximum absolute atomic E-state index is 12.9. The number of hydrogen-bond donors (Lipinski definition) is 0. The molecular weight excluding hydrogens is 290 g/mol. The topological polar surface area (TPSA) is 46.6 Å². The summed E-state index contributed by atoms with van der Waals surface area (Å²) in [4.78, 5) is 26.0. The Morgan fingerprint density at radius 3 is 2.39 bits per heavy atom. The summed E-state index contributed by atoms with van der Waals surface area (Å²) in [7, 11) is 1.32. The first-order chi connectivity index (χ1) is 11.1. The Hall–Kier alpha value is -2.88. The largest absolute Gasteiger partial charge is 0.468 e. The van der Waals surface area contributed by atoms with Gasteiger partial charge >= 0.3 is 5.97 Å². The molecule has 4 heteroatoms. The van der Waals surface area contributed by atoms with Crippen molar-refractivity contribution < 1.29 is 14.3 Å². The number of carbonyl (C=O) groups excluding carboxylic acids is 2. The lowest BCUT2D eigenvalue weighted by atomic mass is 9.97. The van der Waals surface area contributed by atoms with Gasteiger partial charge in [-0.15, -0.1) is 0 Å². The zero-order valence-corrected chi connectivity index (χ0v) is 13.1. The normalized spacial score (nSPS) is 15.4. The number of rotatable bonds is 3. The van der Waals surface area contributed by atoms with Gasteiger partial charge in [-0.2, -0.15) is 0 Å². The minimum Gasteiger partial charge on any atom is -0.468 e. The third kappa shape index (κ3) is 2.63. The Morgan fingerprint density at radius 1 is 1.04 bits per heavy atom. The molecule has 0 N–H and O–H groups in total. The average Bonchev–Trinajstić information content (AvgIpc) is 2.87. The van der Waals surface area contributed by atoms with Gasteiger partial charge in [0.2, 0.25) is 0 Å². The molecule has 0 saturated carbocycles. The number of nitrogens with zero attached hydrogens (tertiary/aromatic N) is 1. The molecule has 116 valence electrons. The first kappa shape index (κ1) is 15.0. The number of esters is 1. The van der Waals surface area contributed by atoms with Gasteiger partial charge in [0, 0.05) is 5.56 Å². The van der Waals surface area contributed by atoms with Crippen LogP contribution < -0.4 is 4.90 Å². The number of carbonyl (C=O) groups is 2. The second-order valence-corrected chi connectivity index (χ2v) is 5.35. The maximum atomic E-state index is 12.9. The molecule has 1 heterocycles. The fourth-order valence-electron chi connectivity index (χ4n) is 2.83. The van der Waals surface area contributed by atoms with Crippen molar-refractivity contribution in [1.82, 2.24) is 0 Å². The van der Waals surface area contributed by atoms with Crippen LogP contribution in [-0.2, 0) is 14.3 Å². The van der Waals surface area contributed by atoms with E-state index >= 15 is 0 Å². The summed E-state index contributed by atoms with van der Waals surface area (Å²) in [6, 6.07) is 17.3. The summed E-state index contributed by atoms with van der Waals surface area (Å²) >= 11 is 0. The Bertz CT molecular complexity index is 793. The van der Waals surface area contributed by atoms with Crippen LogP contribution in [0.1, 0.15) is 18.1 Å². The van der Waals surface area contributed by atoms with Crippen LogP contribution in [0.2, 0.25) is 0 Å². The third-order valence-electron chi connectivity index (χ3n) is 4.02. The van der Waals surface area contributed by atoms with Crippen LogP contribution in [0.3, 0.4) is 0 Å². The molecule has 0 aliphatic carbocycles. The zero-order chi connectivity index (χ0) is 16.4. The number of benzene rings is 2. The van der Waals surface area contributed by atoms with E-state index in [-0.39, 0.29) is 12.5 Å². The van der Waals surface area contributed by atoms with Crippen LogP contribution in [0.5, 0.6) is 0 Å². The summed E-state index contributed by atoms with van der Waals surface area (Å²) in [5.41, 5.74) is 4.12. The second-order valence-electron chi connectivity index (χ2n) is 5.35. The highest BCUT2D eigenvalue weighted by Crippen LogP contribution is 2.40. The molecule has 0 spiro atoms. The van der Waals surface area contributed by atoms with Crippen molar-refractivity contribution in [3.63, 3.8) is 0 Å². The second kappa shape index (κ2) is 6.08. The monoisotopic (exact) mass is 307 g/mol. The van der Waals surface area contributed by atoms with Crippen molar-refractivity contribution in [2.75, 3.05) is 18.6 Å². The fraction of sp³-hybridized carbons (Fsp3) is 0.158. The van der Waals surface area contributed by atoms with Crippen LogP contribution in [-0.4, -0.2) is 25.5 Å². The first-order valence-corrected chi connectivity index (χ1v) is 7.38. The predicted molar refractivity (Wildman–Crippen MR) is 89.7 cm³/mol. The van der Waals surface area contributed by atoms with Crippen LogP contribution in [0.15, 0.2) is 54.6 Å². The quantitative estimate of drug-likeness (QED) is 0.646. The minimum absolute atomic E-state index is 0.0854. The van der Waals surface area contributed by atoms with E-state index in [0.29, 0.717) is 5.57 Å². The van der Waals surface area contributed by atoms with E-state index in [2.05, 4.69) is 0 Å². The van der Waals surface area contributed by atoms with Gasteiger partial charge in [0.05, 0.1) is 18.4 Å². The van der Waals surface area contributed by atoms with Gasteiger partial charge in [-0.1, -0.05) is 48.5 Å². The zero-order valence-electron chi connectivity index (χ0n) is 13.1. The number of hydrogen-bond acceptors (Lipinski definition) is 3. The highest BCUT2D eigenvalue weighted by atomic mass is 16.5. The van der Waals surface area contributed by atoms with Crippen molar-refractivity contribution in [3.8, 4) is 0 Å². The highest BCUT2D eigenvalue weighted by Gasteiger charge is 2.34. The first-order valence-electron chi connectivity index (χ1n) is 7.38. The molecule has 3 rings (SSSR count). The lowest BCUT2D eigenvalue weighted by Crippen LogP contribution is -2.33. The third-order valence-corrected chi connectivity index (χ3v) is 4.02. The molecule has 2 aromatic rings. The van der Waals surface area contributed by atoms with E-state index < -0.39 is 5.97 Å². The maximum Gasteiger partial charge on any atom is 0.325 e. The lowest BCUT2D eigenvalue weighted by molar-refractivity contribution is -0.139. The molecule has 0 fully saturated rings. The van der Waals surface area contributed by atoms with Crippen LogP contribution >= 0.6 is 0 Å². The van der Waals surface area contributed by atoms with Crippen molar-refractivity contribution in [2.45, 2.75) is 6.92 Å². The van der Waals surface area contributed by atoms with Gasteiger partial charge in [0.25, 0.3) is 5.91 Å². The van der Waals surface area contributed by atoms with Crippen molar-refractivity contribution in [2.24, 2.45) is 0 Å². The van der Waals surface area contributed by atoms with Gasteiger partial charge in [-0.05, 0) is 24.1 Å². The molecule has 0 unspecified atom stereocenters. The Morgan fingerprint density at radius 2 is 1.70 bits per heavy atom. The molecule has 1 aliphatic heterocycles. The standard InChI is InChI=1S/C19H17NO3/c1-13(14-8-4-3-5-9-14)18-15-10-6-7-11-16(15)20(19(18)22)12-17(21)23-2/h3-11H,12H2,1-2H3/b18-13+. The van der Waals surface area contributed by atoms with E-state index in [1.165, 1.54) is 12.0 Å². The lowest BCUT2D eigenvalue weighted by Gasteiger charge is -2.15. The Kier molecular flexibility index (Phi) is 3.98. The van der Waals surface area contributed by atoms with Gasteiger partial charge in [0.15, 0.2) is 0 Å². The van der Waals surface area contributed by atoms with Crippen LogP contribution in [0.25, 0.3) is 11.1 Å². The summed E-state index contributed by atoms with van der Waals surface area (Å²) in [6.07, 6.45) is 0. The van der Waals surface area contributed by atoms with Crippen LogP contribution in [0.4, 0.5) is 5.69 Å². The summed E-state index contributed by atoms with van der Waals surface area (Å²) in [5.74, 6) is -0.607. The molecule has 0 atom stereocenters. The molecule has 1 amide bonds. The van der Waals surface area contributed by atoms with Gasteiger partial charge in [-0.3, -0.25) is 14.5 Å². The predicted octanol–water partition coefficient (Wildman–Crippen LogP) is 3.14. The molecule has 0 saturated heterocycles. The van der Waals surface area contributed by atoms with Crippen molar-refractivity contribution in [3.05, 3.63) is 65.7 Å². The number of anilines is 1. The fourth-order valence-corrected chi connectivity index (χ4v) is 2.83. The molecule has 1 aliphatic rings. The number of amides is 1. The minimum atomic E-state index is -0.438. The summed E-state index contributed by atoms with van der Waals surface area (Å²) < 4.78 is 4.71. The number of fused-ring (bicyclic) bond motifs is 1. The summed E-state index contributed by atoms with van der Waals surface area (Å²) in [6.45, 7) is 1.85. The van der Waals surface area contributed by atoms with Gasteiger partial charge in [0.1, 0.15) is 6.54 Å². The molecule has 0 radical (unpaired) electrons. The van der Waals surface area contributed by atoms with E-state index in [9.17, 15) is 9.59 Å². The number of allylic oxidation sites excluding steroid dienone is 1. The molecule has 2 aromatic carbocycles. The Labute approximate surface area is 135 Å². The SMILES string of the molecule is COC(=O)CN1C(=O)/C(=C(\C)c2ccccc2)c2ccccc21. The molecule has 0 aromatic heterocycles. The van der Waals surface area contributed by atoms with Crippen molar-refractivity contribution >= 4 is 28.7 Å². The smallest absolute Gasteiger partial charge is 0.325 e. The number of methoxy groups -OCH3 is 1. The summed E-state index contributed by atoms with van der Waals surface area (Å²) in [5, 5.41) is 0. The molecule has 4 nitrogen and oxygen atoms in total. The molecule has 23 heavy (non-hydrogen) atoms.